The van der Waals surface area contributed by atoms with Gasteiger partial charge in [0.2, 0.25) is 5.91 Å². The van der Waals surface area contributed by atoms with Crippen LogP contribution in [0.15, 0.2) is 18.2 Å². The normalized spacial score (nSPS) is 9.88. The van der Waals surface area contributed by atoms with Gasteiger partial charge in [0.1, 0.15) is 0 Å². The Morgan fingerprint density at radius 3 is 2.94 bits per heavy atom. The van der Waals surface area contributed by atoms with Crippen LogP contribution in [-0.4, -0.2) is 29.1 Å². The van der Waals surface area contributed by atoms with Crippen molar-refractivity contribution in [1.82, 2.24) is 5.32 Å². The van der Waals surface area contributed by atoms with E-state index >= 15 is 0 Å². The number of phenolic OH excluding ortho intramolecular Hbond substituents is 1. The summed E-state index contributed by atoms with van der Waals surface area (Å²) in [5.74, 6) is 0.617. The molecular formula is C11H14INO3. The lowest BCUT2D eigenvalue weighted by atomic mass is 10.1. The van der Waals surface area contributed by atoms with E-state index in [0.29, 0.717) is 16.7 Å². The number of amides is 1. The molecule has 0 atom stereocenters. The molecule has 0 aliphatic rings. The molecule has 0 saturated carbocycles. The van der Waals surface area contributed by atoms with Crippen molar-refractivity contribution in [2.45, 2.75) is 6.42 Å². The maximum absolute atomic E-state index is 11.0. The van der Waals surface area contributed by atoms with Gasteiger partial charge in [-0.2, -0.15) is 0 Å². The summed E-state index contributed by atoms with van der Waals surface area (Å²) in [7, 11) is 1.51. The van der Waals surface area contributed by atoms with Crippen molar-refractivity contribution in [2.24, 2.45) is 0 Å². The van der Waals surface area contributed by atoms with Gasteiger partial charge in [0.25, 0.3) is 0 Å². The molecule has 4 nitrogen and oxygen atoms in total. The van der Waals surface area contributed by atoms with E-state index in [4.69, 9.17) is 4.74 Å². The van der Waals surface area contributed by atoms with Crippen LogP contribution in [0.3, 0.4) is 0 Å². The third-order valence-corrected chi connectivity index (χ3v) is 2.79. The molecular weight excluding hydrogens is 321 g/mol. The lowest BCUT2D eigenvalue weighted by Gasteiger charge is -2.07. The van der Waals surface area contributed by atoms with E-state index in [1.165, 1.54) is 7.11 Å². The average molecular weight is 335 g/mol. The van der Waals surface area contributed by atoms with Crippen LogP contribution in [0, 0.1) is 0 Å². The molecule has 1 rings (SSSR count). The van der Waals surface area contributed by atoms with Gasteiger partial charge in [0.15, 0.2) is 11.5 Å². The van der Waals surface area contributed by atoms with Gasteiger partial charge >= 0.3 is 0 Å². The van der Waals surface area contributed by atoms with E-state index in [2.05, 4.69) is 5.32 Å². The summed E-state index contributed by atoms with van der Waals surface area (Å²) in [4.78, 5) is 11.0. The highest BCUT2D eigenvalue weighted by Crippen LogP contribution is 2.26. The highest BCUT2D eigenvalue weighted by atomic mass is 127. The van der Waals surface area contributed by atoms with Gasteiger partial charge in [-0.1, -0.05) is 28.7 Å². The number of carbonyl (C=O) groups is 1. The van der Waals surface area contributed by atoms with Crippen molar-refractivity contribution in [3.05, 3.63) is 23.8 Å². The number of nitrogens with one attached hydrogen (secondary N) is 1. The largest absolute Gasteiger partial charge is 0.504 e. The summed E-state index contributed by atoms with van der Waals surface area (Å²) in [6.45, 7) is 0.593. The molecule has 0 aliphatic carbocycles. The van der Waals surface area contributed by atoms with Crippen LogP contribution in [-0.2, 0) is 11.2 Å². The zero-order valence-electron chi connectivity index (χ0n) is 9.00. The van der Waals surface area contributed by atoms with Crippen molar-refractivity contribution in [3.63, 3.8) is 0 Å². The Balaban J connectivity index is 2.51. The third kappa shape index (κ3) is 3.88. The summed E-state index contributed by atoms with van der Waals surface area (Å²) in [6, 6.07) is 5.17. The van der Waals surface area contributed by atoms with Crippen molar-refractivity contribution in [3.8, 4) is 11.5 Å². The zero-order valence-corrected chi connectivity index (χ0v) is 11.2. The quantitative estimate of drug-likeness (QED) is 0.633. The van der Waals surface area contributed by atoms with Crippen LogP contribution in [0.5, 0.6) is 11.5 Å². The predicted octanol–water partition coefficient (Wildman–Crippen LogP) is 1.49. The summed E-state index contributed by atoms with van der Waals surface area (Å²) >= 11 is 2.02. The second kappa shape index (κ2) is 6.57. The number of rotatable bonds is 5. The SMILES string of the molecule is COc1cc(CCNC(=O)CI)ccc1O. The van der Waals surface area contributed by atoms with Gasteiger partial charge in [-0.05, 0) is 24.1 Å². The smallest absolute Gasteiger partial charge is 0.229 e. The molecule has 16 heavy (non-hydrogen) atoms. The van der Waals surface area contributed by atoms with Crippen LogP contribution in [0.2, 0.25) is 0 Å². The third-order valence-electron chi connectivity index (χ3n) is 2.10. The highest BCUT2D eigenvalue weighted by Gasteiger charge is 2.03. The molecule has 1 aromatic carbocycles. The topological polar surface area (TPSA) is 58.6 Å². The van der Waals surface area contributed by atoms with Gasteiger partial charge in [-0.25, -0.2) is 0 Å². The Labute approximate surface area is 108 Å². The van der Waals surface area contributed by atoms with Crippen LogP contribution in [0.25, 0.3) is 0 Å². The fourth-order valence-corrected chi connectivity index (χ4v) is 1.54. The maximum atomic E-state index is 11.0. The molecule has 0 bridgehead atoms. The summed E-state index contributed by atoms with van der Waals surface area (Å²) < 4.78 is 5.46. The molecule has 1 amide bonds. The van der Waals surface area contributed by atoms with Crippen molar-refractivity contribution < 1.29 is 14.6 Å². The summed E-state index contributed by atoms with van der Waals surface area (Å²) in [5.41, 5.74) is 1.02. The number of phenols is 1. The standard InChI is InChI=1S/C11H14INO3/c1-16-10-6-8(2-3-9(10)14)4-5-13-11(15)7-12/h2-3,6,14H,4-5,7H2,1H3,(H,13,15). The number of hydrogen-bond acceptors (Lipinski definition) is 3. The number of carbonyl (C=O) groups excluding carboxylic acids is 1. The van der Waals surface area contributed by atoms with Crippen LogP contribution in [0.1, 0.15) is 5.56 Å². The number of hydrogen-bond donors (Lipinski definition) is 2. The van der Waals surface area contributed by atoms with Crippen molar-refractivity contribution in [1.29, 1.82) is 0 Å². The highest BCUT2D eigenvalue weighted by molar-refractivity contribution is 14.1. The van der Waals surface area contributed by atoms with Crippen LogP contribution >= 0.6 is 22.6 Å². The number of alkyl halides is 1. The molecule has 0 unspecified atom stereocenters. The molecule has 1 aromatic rings. The fraction of sp³-hybridized carbons (Fsp3) is 0.364. The lowest BCUT2D eigenvalue weighted by Crippen LogP contribution is -2.26. The average Bonchev–Trinajstić information content (AvgIpc) is 2.31. The van der Waals surface area contributed by atoms with Gasteiger partial charge in [0.05, 0.1) is 11.5 Å². The summed E-state index contributed by atoms with van der Waals surface area (Å²) in [5, 5.41) is 12.2. The Kier molecular flexibility index (Phi) is 5.37. The molecule has 0 aromatic heterocycles. The number of aromatic hydroxyl groups is 1. The maximum Gasteiger partial charge on any atom is 0.229 e. The number of methoxy groups -OCH3 is 1. The first-order valence-corrected chi connectivity index (χ1v) is 6.38. The second-order valence-corrected chi connectivity index (χ2v) is 4.00. The van der Waals surface area contributed by atoms with E-state index in [1.54, 1.807) is 12.1 Å². The lowest BCUT2D eigenvalue weighted by molar-refractivity contribution is -0.118. The van der Waals surface area contributed by atoms with Crippen molar-refractivity contribution >= 4 is 28.5 Å². The molecule has 0 radical (unpaired) electrons. The molecule has 88 valence electrons. The van der Waals surface area contributed by atoms with E-state index in [9.17, 15) is 9.90 Å². The Hall–Kier alpha value is -0.980. The Morgan fingerprint density at radius 1 is 1.56 bits per heavy atom. The van der Waals surface area contributed by atoms with Gasteiger partial charge in [-0.3, -0.25) is 4.79 Å². The molecule has 0 aliphatic heterocycles. The van der Waals surface area contributed by atoms with E-state index in [0.717, 1.165) is 12.0 Å². The molecule has 0 heterocycles. The minimum absolute atomic E-state index is 0.0337. The fourth-order valence-electron chi connectivity index (χ4n) is 1.27. The molecule has 5 heteroatoms. The van der Waals surface area contributed by atoms with Crippen LogP contribution < -0.4 is 10.1 Å². The minimum atomic E-state index is 0.0337. The van der Waals surface area contributed by atoms with E-state index < -0.39 is 0 Å². The monoisotopic (exact) mass is 335 g/mol. The number of ether oxygens (including phenoxy) is 1. The Bertz CT molecular complexity index is 368. The van der Waals surface area contributed by atoms with Gasteiger partial charge < -0.3 is 15.2 Å². The van der Waals surface area contributed by atoms with Gasteiger partial charge in [-0.15, -0.1) is 0 Å². The molecule has 0 saturated heterocycles. The first kappa shape index (κ1) is 13.1. The summed E-state index contributed by atoms with van der Waals surface area (Å²) in [6.07, 6.45) is 0.721. The number of benzene rings is 1. The first-order chi connectivity index (χ1) is 7.67. The molecule has 0 fully saturated rings. The Morgan fingerprint density at radius 2 is 2.31 bits per heavy atom. The van der Waals surface area contributed by atoms with E-state index in [1.807, 2.05) is 28.7 Å². The predicted molar refractivity (Wildman–Crippen MR) is 70.3 cm³/mol. The molecule has 0 spiro atoms. The van der Waals surface area contributed by atoms with Crippen molar-refractivity contribution in [2.75, 3.05) is 18.1 Å². The number of halogens is 1. The minimum Gasteiger partial charge on any atom is -0.504 e. The zero-order chi connectivity index (χ0) is 12.0. The van der Waals surface area contributed by atoms with E-state index in [-0.39, 0.29) is 11.7 Å². The molecule has 2 N–H and O–H groups in total. The first-order valence-electron chi connectivity index (χ1n) is 4.86. The van der Waals surface area contributed by atoms with Crippen LogP contribution in [0.4, 0.5) is 0 Å². The second-order valence-electron chi connectivity index (χ2n) is 3.24. The van der Waals surface area contributed by atoms with Gasteiger partial charge in [0, 0.05) is 6.54 Å².